The van der Waals surface area contributed by atoms with Crippen molar-refractivity contribution in [3.05, 3.63) is 11.6 Å². The van der Waals surface area contributed by atoms with Crippen LogP contribution in [0.25, 0.3) is 0 Å². The Kier molecular flexibility index (Phi) is 5.20. The van der Waals surface area contributed by atoms with Gasteiger partial charge in [0.1, 0.15) is 5.41 Å². The van der Waals surface area contributed by atoms with Crippen LogP contribution in [0.1, 0.15) is 41.0 Å². The fourth-order valence-corrected chi connectivity index (χ4v) is 1.63. The highest BCUT2D eigenvalue weighted by Gasteiger charge is 2.47. The van der Waals surface area contributed by atoms with Gasteiger partial charge in [-0.25, -0.2) is 0 Å². The van der Waals surface area contributed by atoms with E-state index in [1.165, 1.54) is 7.11 Å². The van der Waals surface area contributed by atoms with Gasteiger partial charge in [0.2, 0.25) is 0 Å². The van der Waals surface area contributed by atoms with E-state index in [1.807, 2.05) is 40.7 Å². The minimum atomic E-state index is -0.957. The van der Waals surface area contributed by atoms with Crippen LogP contribution in [-0.4, -0.2) is 24.8 Å². The first-order chi connectivity index (χ1) is 7.25. The normalized spacial score (nSPS) is 16.8. The molecule has 1 atom stereocenters. The zero-order chi connectivity index (χ0) is 13.0. The standard InChI is InChI=1S/C13H24O3/c1-7-10(2)8-13(9-14,11(15)16-6)12(3,4)5/h8,14H,7,9H2,1-6H3/b10-8-. The van der Waals surface area contributed by atoms with E-state index in [4.69, 9.17) is 4.74 Å². The molecule has 16 heavy (non-hydrogen) atoms. The number of esters is 1. The summed E-state index contributed by atoms with van der Waals surface area (Å²) in [5.41, 5.74) is -0.262. The molecular weight excluding hydrogens is 204 g/mol. The van der Waals surface area contributed by atoms with Gasteiger partial charge in [-0.05, 0) is 18.8 Å². The summed E-state index contributed by atoms with van der Waals surface area (Å²) < 4.78 is 4.83. The zero-order valence-electron chi connectivity index (χ0n) is 11.3. The van der Waals surface area contributed by atoms with E-state index in [2.05, 4.69) is 0 Å². The maximum atomic E-state index is 11.9. The highest BCUT2D eigenvalue weighted by Crippen LogP contribution is 2.41. The number of rotatable bonds is 4. The van der Waals surface area contributed by atoms with Gasteiger partial charge in [-0.15, -0.1) is 0 Å². The van der Waals surface area contributed by atoms with Gasteiger partial charge in [-0.1, -0.05) is 39.3 Å². The molecule has 0 heterocycles. The highest BCUT2D eigenvalue weighted by atomic mass is 16.5. The predicted molar refractivity (Wildman–Crippen MR) is 65.0 cm³/mol. The number of aliphatic hydroxyl groups is 1. The maximum Gasteiger partial charge on any atom is 0.318 e. The summed E-state index contributed by atoms with van der Waals surface area (Å²) in [6.07, 6.45) is 2.70. The number of hydrogen-bond acceptors (Lipinski definition) is 3. The number of hydrogen-bond donors (Lipinski definition) is 1. The second-order valence-electron chi connectivity index (χ2n) is 5.22. The van der Waals surface area contributed by atoms with Gasteiger partial charge in [0.05, 0.1) is 13.7 Å². The van der Waals surface area contributed by atoms with Crippen molar-refractivity contribution in [3.8, 4) is 0 Å². The molecule has 0 aliphatic heterocycles. The maximum absolute atomic E-state index is 11.9. The first-order valence-electron chi connectivity index (χ1n) is 5.62. The fourth-order valence-electron chi connectivity index (χ4n) is 1.63. The van der Waals surface area contributed by atoms with Crippen molar-refractivity contribution in [2.45, 2.75) is 41.0 Å². The summed E-state index contributed by atoms with van der Waals surface area (Å²) in [6.45, 7) is 9.53. The van der Waals surface area contributed by atoms with Gasteiger partial charge >= 0.3 is 5.97 Å². The molecule has 0 aromatic rings. The summed E-state index contributed by atoms with van der Waals surface area (Å²) in [4.78, 5) is 11.9. The first-order valence-corrected chi connectivity index (χ1v) is 5.62. The monoisotopic (exact) mass is 228 g/mol. The molecule has 0 amide bonds. The van der Waals surface area contributed by atoms with Gasteiger partial charge < -0.3 is 9.84 Å². The average molecular weight is 228 g/mol. The summed E-state index contributed by atoms with van der Waals surface area (Å²) in [5, 5.41) is 9.61. The number of methoxy groups -OCH3 is 1. The van der Waals surface area contributed by atoms with Gasteiger partial charge in [-0.2, -0.15) is 0 Å². The predicted octanol–water partition coefficient (Wildman–Crippen LogP) is 2.54. The topological polar surface area (TPSA) is 46.5 Å². The molecule has 0 aliphatic rings. The third-order valence-electron chi connectivity index (χ3n) is 3.19. The van der Waals surface area contributed by atoms with E-state index in [1.54, 1.807) is 0 Å². The van der Waals surface area contributed by atoms with E-state index in [-0.39, 0.29) is 18.0 Å². The van der Waals surface area contributed by atoms with Crippen LogP contribution in [0.15, 0.2) is 11.6 Å². The first kappa shape index (κ1) is 15.2. The third-order valence-corrected chi connectivity index (χ3v) is 3.19. The average Bonchev–Trinajstić information content (AvgIpc) is 2.22. The number of allylic oxidation sites excluding steroid dienone is 1. The Bertz CT molecular complexity index is 273. The van der Waals surface area contributed by atoms with Crippen LogP contribution >= 0.6 is 0 Å². The fraction of sp³-hybridized carbons (Fsp3) is 0.769. The number of carbonyl (C=O) groups excluding carboxylic acids is 1. The molecule has 0 radical (unpaired) electrons. The Morgan fingerprint density at radius 1 is 1.38 bits per heavy atom. The lowest BCUT2D eigenvalue weighted by Crippen LogP contribution is -2.45. The molecule has 0 spiro atoms. The molecule has 1 unspecified atom stereocenters. The number of ether oxygens (including phenoxy) is 1. The highest BCUT2D eigenvalue weighted by molar-refractivity contribution is 5.80. The largest absolute Gasteiger partial charge is 0.468 e. The molecule has 0 rings (SSSR count). The van der Waals surface area contributed by atoms with E-state index in [0.717, 1.165) is 12.0 Å². The summed E-state index contributed by atoms with van der Waals surface area (Å²) >= 11 is 0. The minimum absolute atomic E-state index is 0.236. The molecule has 1 N–H and O–H groups in total. The molecule has 0 saturated heterocycles. The Morgan fingerprint density at radius 3 is 2.12 bits per heavy atom. The van der Waals surface area contributed by atoms with Gasteiger partial charge in [0.25, 0.3) is 0 Å². The summed E-state index contributed by atoms with van der Waals surface area (Å²) in [6, 6.07) is 0. The van der Waals surface area contributed by atoms with Crippen LogP contribution in [0.3, 0.4) is 0 Å². The number of aliphatic hydroxyl groups excluding tert-OH is 1. The Labute approximate surface area is 98.5 Å². The van der Waals surface area contributed by atoms with Crippen LogP contribution in [-0.2, 0) is 9.53 Å². The van der Waals surface area contributed by atoms with Gasteiger partial charge in [0, 0.05) is 0 Å². The molecular formula is C13H24O3. The SMILES string of the molecule is CC/C(C)=C\C(CO)(C(=O)OC)C(C)(C)C. The van der Waals surface area contributed by atoms with Crippen molar-refractivity contribution < 1.29 is 14.6 Å². The molecule has 0 aromatic heterocycles. The lowest BCUT2D eigenvalue weighted by molar-refractivity contribution is -0.158. The van der Waals surface area contributed by atoms with Crippen LogP contribution in [0.2, 0.25) is 0 Å². The third kappa shape index (κ3) is 2.85. The number of carbonyl (C=O) groups is 1. The van der Waals surface area contributed by atoms with Crippen LogP contribution in [0.4, 0.5) is 0 Å². The zero-order valence-corrected chi connectivity index (χ0v) is 11.3. The lowest BCUT2D eigenvalue weighted by atomic mass is 9.66. The van der Waals surface area contributed by atoms with E-state index in [0.29, 0.717) is 0 Å². The van der Waals surface area contributed by atoms with E-state index < -0.39 is 5.41 Å². The molecule has 0 bridgehead atoms. The molecule has 0 aliphatic carbocycles. The van der Waals surface area contributed by atoms with Crippen LogP contribution in [0.5, 0.6) is 0 Å². The second kappa shape index (κ2) is 5.48. The molecule has 0 saturated carbocycles. The van der Waals surface area contributed by atoms with Crippen molar-refractivity contribution in [2.24, 2.45) is 10.8 Å². The molecule has 0 fully saturated rings. The molecule has 0 aromatic carbocycles. The van der Waals surface area contributed by atoms with E-state index >= 15 is 0 Å². The second-order valence-corrected chi connectivity index (χ2v) is 5.22. The Balaban J connectivity index is 5.57. The van der Waals surface area contributed by atoms with Crippen molar-refractivity contribution in [1.82, 2.24) is 0 Å². The molecule has 3 nitrogen and oxygen atoms in total. The Morgan fingerprint density at radius 2 is 1.88 bits per heavy atom. The molecule has 3 heteroatoms. The Hall–Kier alpha value is -0.830. The summed E-state index contributed by atoms with van der Waals surface area (Å²) in [5.74, 6) is -0.379. The van der Waals surface area contributed by atoms with Crippen molar-refractivity contribution in [1.29, 1.82) is 0 Å². The smallest absolute Gasteiger partial charge is 0.318 e. The lowest BCUT2D eigenvalue weighted by Gasteiger charge is -2.39. The minimum Gasteiger partial charge on any atom is -0.468 e. The van der Waals surface area contributed by atoms with Crippen molar-refractivity contribution in [2.75, 3.05) is 13.7 Å². The van der Waals surface area contributed by atoms with Gasteiger partial charge in [-0.3, -0.25) is 4.79 Å². The quantitative estimate of drug-likeness (QED) is 0.594. The van der Waals surface area contributed by atoms with E-state index in [9.17, 15) is 9.90 Å². The van der Waals surface area contributed by atoms with Gasteiger partial charge in [0.15, 0.2) is 0 Å². The van der Waals surface area contributed by atoms with Crippen LogP contribution in [0, 0.1) is 10.8 Å². The van der Waals surface area contributed by atoms with Crippen LogP contribution < -0.4 is 0 Å². The molecule has 94 valence electrons. The van der Waals surface area contributed by atoms with Crippen molar-refractivity contribution in [3.63, 3.8) is 0 Å². The summed E-state index contributed by atoms with van der Waals surface area (Å²) in [7, 11) is 1.35. The van der Waals surface area contributed by atoms with Crippen molar-refractivity contribution >= 4 is 5.97 Å².